The van der Waals surface area contributed by atoms with E-state index < -0.39 is 0 Å². The lowest BCUT2D eigenvalue weighted by Crippen LogP contribution is -2.44. The van der Waals surface area contributed by atoms with Crippen molar-refractivity contribution in [3.63, 3.8) is 0 Å². The Morgan fingerprint density at radius 2 is 1.69 bits per heavy atom. The van der Waals surface area contributed by atoms with Crippen LogP contribution in [0.2, 0.25) is 0 Å². The van der Waals surface area contributed by atoms with Crippen molar-refractivity contribution in [1.82, 2.24) is 21.7 Å². The van der Waals surface area contributed by atoms with E-state index in [1.165, 1.54) is 0 Å². The molecular formula is C7H16N4O2. The summed E-state index contributed by atoms with van der Waals surface area (Å²) in [7, 11) is 1.56. The first-order chi connectivity index (χ1) is 6.06. The summed E-state index contributed by atoms with van der Waals surface area (Å²) >= 11 is 0. The van der Waals surface area contributed by atoms with Gasteiger partial charge in [-0.3, -0.25) is 20.4 Å². The Labute approximate surface area is 77.4 Å². The van der Waals surface area contributed by atoms with Gasteiger partial charge >= 0.3 is 0 Å². The van der Waals surface area contributed by atoms with Crippen molar-refractivity contribution in [2.45, 2.75) is 26.3 Å². The summed E-state index contributed by atoms with van der Waals surface area (Å²) in [5.74, 6) is -0.730. The maximum absolute atomic E-state index is 11.0. The Hall–Kier alpha value is -1.14. The van der Waals surface area contributed by atoms with Crippen LogP contribution in [-0.2, 0) is 9.59 Å². The third-order valence-electron chi connectivity index (χ3n) is 1.09. The fourth-order valence-electron chi connectivity index (χ4n) is 0.598. The molecule has 4 N–H and O–H groups in total. The second-order valence-electron chi connectivity index (χ2n) is 2.82. The summed E-state index contributed by atoms with van der Waals surface area (Å²) in [6.45, 7) is 3.77. The SMILES string of the molecule is CNNC(=O)CC(=O)NNC(C)C. The van der Waals surface area contributed by atoms with Crippen molar-refractivity contribution in [3.8, 4) is 0 Å². The molecule has 0 aromatic carbocycles. The van der Waals surface area contributed by atoms with Gasteiger partial charge in [-0.2, -0.15) is 0 Å². The molecule has 13 heavy (non-hydrogen) atoms. The van der Waals surface area contributed by atoms with E-state index in [1.807, 2.05) is 13.8 Å². The molecule has 0 aliphatic rings. The van der Waals surface area contributed by atoms with Crippen LogP contribution < -0.4 is 21.7 Å². The number of hydrogen-bond acceptors (Lipinski definition) is 4. The van der Waals surface area contributed by atoms with Crippen molar-refractivity contribution in [3.05, 3.63) is 0 Å². The summed E-state index contributed by atoms with van der Waals surface area (Å²) in [5.41, 5.74) is 9.81. The summed E-state index contributed by atoms with van der Waals surface area (Å²) in [5, 5.41) is 0. The zero-order valence-electron chi connectivity index (χ0n) is 8.10. The van der Waals surface area contributed by atoms with Crippen LogP contribution in [0.1, 0.15) is 20.3 Å². The Bertz CT molecular complexity index is 181. The van der Waals surface area contributed by atoms with Gasteiger partial charge < -0.3 is 0 Å². The van der Waals surface area contributed by atoms with Crippen molar-refractivity contribution in [1.29, 1.82) is 0 Å². The molecule has 0 atom stereocenters. The Morgan fingerprint density at radius 1 is 1.15 bits per heavy atom. The molecule has 0 aliphatic heterocycles. The molecule has 0 aromatic heterocycles. The first-order valence-electron chi connectivity index (χ1n) is 4.06. The quantitative estimate of drug-likeness (QED) is 0.318. The minimum Gasteiger partial charge on any atom is -0.291 e. The molecule has 0 spiro atoms. The lowest BCUT2D eigenvalue weighted by molar-refractivity contribution is -0.130. The molecular weight excluding hydrogens is 172 g/mol. The summed E-state index contributed by atoms with van der Waals surface area (Å²) in [6, 6.07) is 0.149. The molecule has 0 saturated heterocycles. The van der Waals surface area contributed by atoms with Crippen LogP contribution in [0.25, 0.3) is 0 Å². The van der Waals surface area contributed by atoms with Crippen LogP contribution in [0, 0.1) is 0 Å². The van der Waals surface area contributed by atoms with Crippen LogP contribution in [0.3, 0.4) is 0 Å². The fourth-order valence-corrected chi connectivity index (χ4v) is 0.598. The molecule has 0 saturated carbocycles. The second-order valence-corrected chi connectivity index (χ2v) is 2.82. The maximum Gasteiger partial charge on any atom is 0.243 e. The van der Waals surface area contributed by atoms with E-state index >= 15 is 0 Å². The monoisotopic (exact) mass is 188 g/mol. The molecule has 2 amide bonds. The van der Waals surface area contributed by atoms with Gasteiger partial charge in [-0.25, -0.2) is 10.9 Å². The van der Waals surface area contributed by atoms with Gasteiger partial charge in [0.25, 0.3) is 0 Å². The van der Waals surface area contributed by atoms with Crippen LogP contribution in [-0.4, -0.2) is 24.9 Å². The van der Waals surface area contributed by atoms with Gasteiger partial charge in [-0.05, 0) is 13.8 Å². The van der Waals surface area contributed by atoms with Crippen LogP contribution in [0.5, 0.6) is 0 Å². The van der Waals surface area contributed by atoms with E-state index in [4.69, 9.17) is 0 Å². The number of rotatable bonds is 5. The van der Waals surface area contributed by atoms with E-state index in [2.05, 4.69) is 21.7 Å². The molecule has 76 valence electrons. The summed E-state index contributed by atoms with van der Waals surface area (Å²) in [6.07, 6.45) is -0.194. The molecule has 6 heteroatoms. The van der Waals surface area contributed by atoms with Crippen molar-refractivity contribution in [2.24, 2.45) is 0 Å². The molecule has 6 nitrogen and oxygen atoms in total. The lowest BCUT2D eigenvalue weighted by Gasteiger charge is -2.09. The predicted molar refractivity (Wildman–Crippen MR) is 48.2 cm³/mol. The number of hydrazine groups is 2. The second kappa shape index (κ2) is 6.38. The summed E-state index contributed by atoms with van der Waals surface area (Å²) in [4.78, 5) is 21.8. The molecule has 0 bridgehead atoms. The molecule has 0 rings (SSSR count). The van der Waals surface area contributed by atoms with E-state index in [0.717, 1.165) is 0 Å². The molecule has 0 fully saturated rings. The molecule has 0 radical (unpaired) electrons. The standard InChI is InChI=1S/C7H16N4O2/c1-5(2)9-11-7(13)4-6(12)10-8-3/h5,8-9H,4H2,1-3H3,(H,10,12)(H,11,13). The smallest absolute Gasteiger partial charge is 0.243 e. The van der Waals surface area contributed by atoms with Crippen molar-refractivity contribution in [2.75, 3.05) is 7.05 Å². The highest BCUT2D eigenvalue weighted by Gasteiger charge is 2.07. The normalized spacial score (nSPS) is 9.85. The highest BCUT2D eigenvalue weighted by Crippen LogP contribution is 1.78. The molecule has 0 aliphatic carbocycles. The molecule has 0 unspecified atom stereocenters. The van der Waals surface area contributed by atoms with E-state index in [0.29, 0.717) is 0 Å². The minimum absolute atomic E-state index is 0.149. The van der Waals surface area contributed by atoms with Gasteiger partial charge in [0, 0.05) is 13.1 Å². The van der Waals surface area contributed by atoms with Gasteiger partial charge in [-0.15, -0.1) is 0 Å². The Kier molecular flexibility index (Phi) is 5.82. The number of carbonyl (C=O) groups is 2. The Morgan fingerprint density at radius 3 is 2.15 bits per heavy atom. The molecule has 0 heterocycles. The zero-order chi connectivity index (χ0) is 10.3. The highest BCUT2D eigenvalue weighted by atomic mass is 16.2. The van der Waals surface area contributed by atoms with Gasteiger partial charge in [0.05, 0.1) is 0 Å². The van der Waals surface area contributed by atoms with E-state index in [1.54, 1.807) is 7.05 Å². The van der Waals surface area contributed by atoms with Crippen LogP contribution >= 0.6 is 0 Å². The van der Waals surface area contributed by atoms with E-state index in [-0.39, 0.29) is 24.3 Å². The number of carbonyl (C=O) groups excluding carboxylic acids is 2. The van der Waals surface area contributed by atoms with Gasteiger partial charge in [0.2, 0.25) is 11.8 Å². The van der Waals surface area contributed by atoms with E-state index in [9.17, 15) is 9.59 Å². The third-order valence-corrected chi connectivity index (χ3v) is 1.09. The first kappa shape index (κ1) is 11.9. The topological polar surface area (TPSA) is 82.3 Å². The average molecular weight is 188 g/mol. The lowest BCUT2D eigenvalue weighted by atomic mass is 10.4. The number of amides is 2. The zero-order valence-corrected chi connectivity index (χ0v) is 8.10. The minimum atomic E-state index is -0.370. The maximum atomic E-state index is 11.0. The van der Waals surface area contributed by atoms with Gasteiger partial charge in [-0.1, -0.05) is 0 Å². The van der Waals surface area contributed by atoms with Crippen molar-refractivity contribution >= 4 is 11.8 Å². The predicted octanol–water partition coefficient (Wildman–Crippen LogP) is -1.34. The van der Waals surface area contributed by atoms with Crippen LogP contribution in [0.4, 0.5) is 0 Å². The van der Waals surface area contributed by atoms with Crippen LogP contribution in [0.15, 0.2) is 0 Å². The van der Waals surface area contributed by atoms with Crippen molar-refractivity contribution < 1.29 is 9.59 Å². The highest BCUT2D eigenvalue weighted by molar-refractivity contribution is 5.96. The van der Waals surface area contributed by atoms with Gasteiger partial charge in [0.15, 0.2) is 0 Å². The molecule has 0 aromatic rings. The number of nitrogens with one attached hydrogen (secondary N) is 4. The first-order valence-corrected chi connectivity index (χ1v) is 4.06. The van der Waals surface area contributed by atoms with Gasteiger partial charge in [0.1, 0.15) is 6.42 Å². The third kappa shape index (κ3) is 7.23. The largest absolute Gasteiger partial charge is 0.291 e. The summed E-state index contributed by atoms with van der Waals surface area (Å²) < 4.78 is 0. The Balaban J connectivity index is 3.56. The fraction of sp³-hybridized carbons (Fsp3) is 0.714. The average Bonchev–Trinajstić information content (AvgIpc) is 2.01. The number of hydrogen-bond donors (Lipinski definition) is 4.